The minimum atomic E-state index is 0.0155. The Kier molecular flexibility index (Phi) is 6.12. The number of halogens is 1. The number of rotatable bonds is 6. The maximum absolute atomic E-state index is 11.7. The fraction of sp³-hybridized carbons (Fsp3) is 0.500. The molecule has 0 fully saturated rings. The van der Waals surface area contributed by atoms with Crippen molar-refractivity contribution in [2.75, 3.05) is 13.1 Å². The lowest BCUT2D eigenvalue weighted by molar-refractivity contribution is -0.122. The van der Waals surface area contributed by atoms with Crippen molar-refractivity contribution in [1.82, 2.24) is 10.2 Å². The number of amides is 1. The van der Waals surface area contributed by atoms with Crippen molar-refractivity contribution in [2.45, 2.75) is 33.4 Å². The Morgan fingerprint density at radius 3 is 2.68 bits per heavy atom. The molecule has 5 heteroatoms. The number of carbonyl (C=O) groups excluding carboxylic acids is 1. The van der Waals surface area contributed by atoms with Gasteiger partial charge in [0.05, 0.1) is 11.6 Å². The van der Waals surface area contributed by atoms with E-state index in [2.05, 4.69) is 5.32 Å². The highest BCUT2D eigenvalue weighted by Gasteiger charge is 2.11. The first-order valence-electron chi connectivity index (χ1n) is 6.41. The number of aromatic hydroxyl groups is 1. The molecule has 106 valence electrons. The van der Waals surface area contributed by atoms with Crippen LogP contribution in [0, 0.1) is 0 Å². The zero-order chi connectivity index (χ0) is 14.4. The standard InChI is InChI=1S/C14H21ClN2O2/c1-4-17(9-14(19)16-10(2)3)8-11-5-6-13(18)12(15)7-11/h5-7,10,18H,4,8-9H2,1-3H3,(H,16,19). The Bertz CT molecular complexity index is 435. The fourth-order valence-corrected chi connectivity index (χ4v) is 1.96. The van der Waals surface area contributed by atoms with Crippen molar-refractivity contribution in [3.05, 3.63) is 28.8 Å². The third-order valence-corrected chi connectivity index (χ3v) is 2.99. The monoisotopic (exact) mass is 284 g/mol. The topological polar surface area (TPSA) is 52.6 Å². The molecule has 0 heterocycles. The second kappa shape index (κ2) is 7.36. The van der Waals surface area contributed by atoms with Gasteiger partial charge in [-0.15, -0.1) is 0 Å². The second-order valence-corrected chi connectivity index (χ2v) is 5.22. The molecule has 1 rings (SSSR count). The SMILES string of the molecule is CCN(CC(=O)NC(C)C)Cc1ccc(O)c(Cl)c1. The van der Waals surface area contributed by atoms with E-state index in [1.807, 2.05) is 31.7 Å². The van der Waals surface area contributed by atoms with Crippen molar-refractivity contribution in [2.24, 2.45) is 0 Å². The number of hydrogen-bond acceptors (Lipinski definition) is 3. The van der Waals surface area contributed by atoms with Gasteiger partial charge in [-0.3, -0.25) is 9.69 Å². The number of carbonyl (C=O) groups is 1. The quantitative estimate of drug-likeness (QED) is 0.843. The highest BCUT2D eigenvalue weighted by atomic mass is 35.5. The molecule has 1 aromatic carbocycles. The number of phenols is 1. The van der Waals surface area contributed by atoms with Crippen LogP contribution < -0.4 is 5.32 Å². The second-order valence-electron chi connectivity index (χ2n) is 4.81. The first-order chi connectivity index (χ1) is 8.92. The van der Waals surface area contributed by atoms with Crippen LogP contribution in [0.15, 0.2) is 18.2 Å². The molecule has 1 aromatic rings. The highest BCUT2D eigenvalue weighted by molar-refractivity contribution is 6.32. The van der Waals surface area contributed by atoms with E-state index in [0.29, 0.717) is 18.1 Å². The molecule has 0 atom stereocenters. The van der Waals surface area contributed by atoms with E-state index in [9.17, 15) is 9.90 Å². The van der Waals surface area contributed by atoms with Crippen LogP contribution in [0.2, 0.25) is 5.02 Å². The van der Waals surface area contributed by atoms with E-state index in [0.717, 1.165) is 12.1 Å². The van der Waals surface area contributed by atoms with E-state index in [4.69, 9.17) is 11.6 Å². The third-order valence-electron chi connectivity index (χ3n) is 2.68. The molecule has 4 nitrogen and oxygen atoms in total. The summed E-state index contributed by atoms with van der Waals surface area (Å²) >= 11 is 5.87. The summed E-state index contributed by atoms with van der Waals surface area (Å²) in [5.74, 6) is 0.0905. The van der Waals surface area contributed by atoms with Crippen molar-refractivity contribution < 1.29 is 9.90 Å². The molecule has 0 unspecified atom stereocenters. The molecular weight excluding hydrogens is 264 g/mol. The predicted octanol–water partition coefficient (Wildman–Crippen LogP) is 2.39. The summed E-state index contributed by atoms with van der Waals surface area (Å²) in [5.41, 5.74) is 0.974. The summed E-state index contributed by atoms with van der Waals surface area (Å²) < 4.78 is 0. The molecule has 0 saturated carbocycles. The van der Waals surface area contributed by atoms with Crippen molar-refractivity contribution in [3.63, 3.8) is 0 Å². The fourth-order valence-electron chi connectivity index (χ4n) is 1.76. The van der Waals surface area contributed by atoms with Crippen LogP contribution >= 0.6 is 11.6 Å². The van der Waals surface area contributed by atoms with Crippen LogP contribution in [0.1, 0.15) is 26.3 Å². The van der Waals surface area contributed by atoms with Crippen LogP contribution in [-0.2, 0) is 11.3 Å². The molecule has 2 N–H and O–H groups in total. The average molecular weight is 285 g/mol. The molecule has 0 aromatic heterocycles. The molecule has 0 aliphatic heterocycles. The molecule has 1 amide bonds. The average Bonchev–Trinajstić information content (AvgIpc) is 2.32. The molecular formula is C14H21ClN2O2. The smallest absolute Gasteiger partial charge is 0.234 e. The molecule has 0 spiro atoms. The van der Waals surface area contributed by atoms with Crippen LogP contribution in [0.25, 0.3) is 0 Å². The predicted molar refractivity (Wildman–Crippen MR) is 77.3 cm³/mol. The van der Waals surface area contributed by atoms with Gasteiger partial charge < -0.3 is 10.4 Å². The van der Waals surface area contributed by atoms with Crippen LogP contribution in [0.5, 0.6) is 5.75 Å². The Morgan fingerprint density at radius 2 is 2.16 bits per heavy atom. The molecule has 19 heavy (non-hydrogen) atoms. The minimum Gasteiger partial charge on any atom is -0.506 e. The number of benzene rings is 1. The van der Waals surface area contributed by atoms with Crippen molar-refractivity contribution in [1.29, 1.82) is 0 Å². The lowest BCUT2D eigenvalue weighted by atomic mass is 10.2. The number of likely N-dealkylation sites (N-methyl/N-ethyl adjacent to an activating group) is 1. The van der Waals surface area contributed by atoms with Gasteiger partial charge in [0.25, 0.3) is 0 Å². The summed E-state index contributed by atoms with van der Waals surface area (Å²) in [4.78, 5) is 13.7. The first kappa shape index (κ1) is 15.8. The number of nitrogens with one attached hydrogen (secondary N) is 1. The van der Waals surface area contributed by atoms with Gasteiger partial charge in [-0.1, -0.05) is 24.6 Å². The van der Waals surface area contributed by atoms with E-state index < -0.39 is 0 Å². The lowest BCUT2D eigenvalue weighted by Crippen LogP contribution is -2.39. The molecule has 0 aliphatic carbocycles. The van der Waals surface area contributed by atoms with Gasteiger partial charge in [-0.25, -0.2) is 0 Å². The summed E-state index contributed by atoms with van der Waals surface area (Å²) in [5, 5.41) is 12.6. The third kappa shape index (κ3) is 5.49. The Hall–Kier alpha value is -1.26. The molecule has 0 radical (unpaired) electrons. The summed E-state index contributed by atoms with van der Waals surface area (Å²) in [7, 11) is 0. The van der Waals surface area contributed by atoms with Crippen LogP contribution in [-0.4, -0.2) is 35.0 Å². The maximum Gasteiger partial charge on any atom is 0.234 e. The zero-order valence-corrected chi connectivity index (χ0v) is 12.4. The summed E-state index contributed by atoms with van der Waals surface area (Å²) in [6, 6.07) is 5.25. The lowest BCUT2D eigenvalue weighted by Gasteiger charge is -2.21. The Balaban J connectivity index is 2.61. The van der Waals surface area contributed by atoms with E-state index >= 15 is 0 Å². The zero-order valence-electron chi connectivity index (χ0n) is 11.6. The first-order valence-corrected chi connectivity index (χ1v) is 6.79. The largest absolute Gasteiger partial charge is 0.506 e. The molecule has 0 aliphatic rings. The number of phenolic OH excluding ortho intramolecular Hbond substituents is 1. The van der Waals surface area contributed by atoms with Crippen LogP contribution in [0.4, 0.5) is 0 Å². The number of hydrogen-bond donors (Lipinski definition) is 2. The van der Waals surface area contributed by atoms with Gasteiger partial charge in [-0.2, -0.15) is 0 Å². The maximum atomic E-state index is 11.7. The van der Waals surface area contributed by atoms with Gasteiger partial charge in [0.1, 0.15) is 5.75 Å². The van der Waals surface area contributed by atoms with Gasteiger partial charge in [-0.05, 0) is 38.1 Å². The number of nitrogens with zero attached hydrogens (tertiary/aromatic N) is 1. The van der Waals surface area contributed by atoms with Gasteiger partial charge in [0, 0.05) is 12.6 Å². The van der Waals surface area contributed by atoms with Crippen molar-refractivity contribution in [3.8, 4) is 5.75 Å². The Morgan fingerprint density at radius 1 is 1.47 bits per heavy atom. The summed E-state index contributed by atoms with van der Waals surface area (Å²) in [6.45, 7) is 7.63. The van der Waals surface area contributed by atoms with Gasteiger partial charge >= 0.3 is 0 Å². The van der Waals surface area contributed by atoms with E-state index in [1.165, 1.54) is 0 Å². The van der Waals surface area contributed by atoms with Gasteiger partial charge in [0.15, 0.2) is 0 Å². The Labute approximate surface area is 119 Å². The molecule has 0 saturated heterocycles. The van der Waals surface area contributed by atoms with Crippen LogP contribution in [0.3, 0.4) is 0 Å². The van der Waals surface area contributed by atoms with Crippen molar-refractivity contribution >= 4 is 17.5 Å². The highest BCUT2D eigenvalue weighted by Crippen LogP contribution is 2.24. The minimum absolute atomic E-state index is 0.0155. The van der Waals surface area contributed by atoms with E-state index in [1.54, 1.807) is 12.1 Å². The normalized spacial score (nSPS) is 11.1. The summed E-state index contributed by atoms with van der Waals surface area (Å²) in [6.07, 6.45) is 0. The van der Waals surface area contributed by atoms with Gasteiger partial charge in [0.2, 0.25) is 5.91 Å². The van der Waals surface area contributed by atoms with E-state index in [-0.39, 0.29) is 17.7 Å². The molecule has 0 bridgehead atoms.